The molecule has 2 saturated carbocycles. The molecule has 4 heterocycles. The number of nitrogens with zero attached hydrogens (tertiary/aromatic N) is 3. The van der Waals surface area contributed by atoms with E-state index >= 15 is 0 Å². The zero-order valence-electron chi connectivity index (χ0n) is 43.9. The second-order valence-electron chi connectivity index (χ2n) is 15.9. The molecule has 2 aliphatic carbocycles. The van der Waals surface area contributed by atoms with Crippen LogP contribution in [-0.2, 0) is 32.9 Å². The average Bonchev–Trinajstić information content (AvgIpc) is 3.62. The largest absolute Gasteiger partial charge is 0.486 e. The topological polar surface area (TPSA) is 51.8 Å². The summed E-state index contributed by atoms with van der Waals surface area (Å²) in [5.74, 6) is 0. The normalized spacial score (nSPS) is 21.5. The van der Waals surface area contributed by atoms with E-state index in [0.29, 0.717) is 39.1 Å². The Morgan fingerprint density at radius 1 is 0.849 bits per heavy atom. The van der Waals surface area contributed by atoms with Crippen LogP contribution in [0.15, 0.2) is 77.5 Å². The Labute approximate surface area is 349 Å². The molecule has 4 aromatic heterocycles. The molecule has 2 fully saturated rings. The van der Waals surface area contributed by atoms with E-state index in [1.807, 2.05) is 12.1 Å². The molecule has 279 valence electrons. The maximum Gasteiger partial charge on any atom is 0.216 e. The van der Waals surface area contributed by atoms with E-state index in [1.54, 1.807) is 45.2 Å². The van der Waals surface area contributed by atoms with Crippen LogP contribution >= 0.6 is 0 Å². The number of aryl methyl sites for hydroxylation is 3. The van der Waals surface area contributed by atoms with E-state index in [4.69, 9.17) is 19.5 Å². The van der Waals surface area contributed by atoms with Crippen molar-refractivity contribution in [2.45, 2.75) is 119 Å². The Hall–Kier alpha value is -3.66. The molecular formula is C48H55IrN3O-2. The molecule has 1 spiro atoms. The molecule has 0 aliphatic heterocycles. The summed E-state index contributed by atoms with van der Waals surface area (Å²) in [4.78, 5) is 13.0. The predicted molar refractivity (Wildman–Crippen MR) is 215 cm³/mol. The van der Waals surface area contributed by atoms with Crippen LogP contribution in [0, 0.1) is 48.9 Å². The summed E-state index contributed by atoms with van der Waals surface area (Å²) >= 11 is 0. The van der Waals surface area contributed by atoms with Gasteiger partial charge in [-0.15, -0.1) is 53.6 Å². The molecule has 2 aliphatic rings. The molecule has 53 heavy (non-hydrogen) atoms. The zero-order valence-corrected chi connectivity index (χ0v) is 33.3. The van der Waals surface area contributed by atoms with Crippen LogP contribution < -0.4 is 0 Å². The molecule has 0 amide bonds. The van der Waals surface area contributed by atoms with E-state index in [9.17, 15) is 2.74 Å². The van der Waals surface area contributed by atoms with Gasteiger partial charge in [-0.05, 0) is 116 Å². The number of hydrogen-bond acceptors (Lipinski definition) is 4. The van der Waals surface area contributed by atoms with Gasteiger partial charge in [-0.25, -0.2) is 4.98 Å². The predicted octanol–water partition coefficient (Wildman–Crippen LogP) is 13.0. The fraction of sp³-hybridized carbons (Fsp3) is 0.438. The van der Waals surface area contributed by atoms with Crippen molar-refractivity contribution >= 4 is 22.1 Å². The van der Waals surface area contributed by atoms with E-state index in [1.165, 1.54) is 68.6 Å². The minimum atomic E-state index is -2.51. The average molecular weight is 895 g/mol. The van der Waals surface area contributed by atoms with E-state index in [2.05, 4.69) is 34.0 Å². The summed E-state index contributed by atoms with van der Waals surface area (Å²) in [6.45, 7) is 0.143. The summed E-state index contributed by atoms with van der Waals surface area (Å²) in [6, 6.07) is 22.3. The van der Waals surface area contributed by atoms with Crippen molar-refractivity contribution in [3.63, 3.8) is 0 Å². The van der Waals surface area contributed by atoms with Gasteiger partial charge in [0.2, 0.25) is 5.71 Å². The second kappa shape index (κ2) is 16.0. The van der Waals surface area contributed by atoms with Crippen LogP contribution in [0.3, 0.4) is 0 Å². The molecule has 1 radical (unpaired) electrons. The maximum atomic E-state index is 9.29. The van der Waals surface area contributed by atoms with Crippen LogP contribution in [0.2, 0.25) is 0 Å². The van der Waals surface area contributed by atoms with Crippen LogP contribution in [-0.4, -0.2) is 15.0 Å². The Morgan fingerprint density at radius 3 is 2.40 bits per heavy atom. The van der Waals surface area contributed by atoms with Crippen LogP contribution in [0.1, 0.15) is 131 Å². The van der Waals surface area contributed by atoms with Crippen molar-refractivity contribution in [3.05, 3.63) is 113 Å². The summed E-state index contributed by atoms with van der Waals surface area (Å²) in [5.41, 5.74) is 2.56. The van der Waals surface area contributed by atoms with Crippen molar-refractivity contribution in [2.75, 3.05) is 0 Å². The number of aromatic nitrogens is 3. The third-order valence-corrected chi connectivity index (χ3v) is 10.6. The fourth-order valence-electron chi connectivity index (χ4n) is 7.76. The molecule has 0 atom stereocenters. The van der Waals surface area contributed by atoms with Gasteiger partial charge in [0.25, 0.3) is 0 Å². The fourth-order valence-corrected chi connectivity index (χ4v) is 7.76. The molecule has 2 aromatic carbocycles. The summed E-state index contributed by atoms with van der Waals surface area (Å²) < 4.78 is 110. The van der Waals surface area contributed by atoms with Gasteiger partial charge < -0.3 is 14.4 Å². The number of furan rings is 1. The van der Waals surface area contributed by atoms with Crippen molar-refractivity contribution in [1.29, 1.82) is 0 Å². The number of fused-ring (bicyclic) bond motifs is 3. The van der Waals surface area contributed by atoms with E-state index in [-0.39, 0.29) is 48.2 Å². The van der Waals surface area contributed by atoms with Crippen molar-refractivity contribution in [1.82, 2.24) is 15.0 Å². The van der Waals surface area contributed by atoms with E-state index in [0.717, 1.165) is 36.5 Å². The first-order chi connectivity index (χ1) is 30.1. The molecule has 0 bridgehead atoms. The first-order valence-corrected chi connectivity index (χ1v) is 18.3. The van der Waals surface area contributed by atoms with Gasteiger partial charge in [0.1, 0.15) is 0 Å². The Kier molecular flexibility index (Phi) is 7.66. The van der Waals surface area contributed by atoms with Crippen molar-refractivity contribution in [2.24, 2.45) is 16.2 Å². The SMILES string of the molecule is [2H]C([2H])([2H])c1c[c-]c(-c2cc(C([2H])([2H])C(C)(C)C)c(C([2H])([2H])[2H])cn2)cc1.[2H]C([2H])([2H])c1ccc2c(n1)oc1c(-c3cc(C([2H])([2H])C4(C)CCC5(CCCCC5)CC4)ccn3)[c-]ccc12.[Ir]. The Bertz CT molecular complexity index is 2660. The first kappa shape index (κ1) is 25.4. The minimum Gasteiger partial charge on any atom is -0.486 e. The molecule has 4 nitrogen and oxygen atoms in total. The van der Waals surface area contributed by atoms with Gasteiger partial charge in [-0.2, -0.15) is 0 Å². The van der Waals surface area contributed by atoms with Gasteiger partial charge in [-0.3, -0.25) is 0 Å². The quantitative estimate of drug-likeness (QED) is 0.162. The van der Waals surface area contributed by atoms with Gasteiger partial charge in [-0.1, -0.05) is 88.0 Å². The number of benzene rings is 2. The monoisotopic (exact) mass is 895 g/mol. The Morgan fingerprint density at radius 2 is 1.68 bits per heavy atom. The molecule has 0 saturated heterocycles. The van der Waals surface area contributed by atoms with Gasteiger partial charge >= 0.3 is 0 Å². The zero-order chi connectivity index (χ0) is 47.6. The molecule has 6 aromatic rings. The number of hydrogen-bond donors (Lipinski definition) is 0. The van der Waals surface area contributed by atoms with Gasteiger partial charge in [0.15, 0.2) is 0 Å². The number of rotatable bonds is 5. The Balaban J connectivity index is 0.000000229. The van der Waals surface area contributed by atoms with Gasteiger partial charge in [0.05, 0.1) is 5.58 Å². The summed E-state index contributed by atoms with van der Waals surface area (Å²) in [6.07, 6.45) is 9.96. The van der Waals surface area contributed by atoms with E-state index < -0.39 is 44.1 Å². The van der Waals surface area contributed by atoms with Gasteiger partial charge in [0, 0.05) is 61.4 Å². The maximum absolute atomic E-state index is 9.29. The van der Waals surface area contributed by atoms with Crippen LogP contribution in [0.25, 0.3) is 44.6 Å². The summed E-state index contributed by atoms with van der Waals surface area (Å²) in [7, 11) is 0. The third kappa shape index (κ3) is 9.18. The first-order valence-electron chi connectivity index (χ1n) is 24.8. The minimum absolute atomic E-state index is 0. The standard InChI is InChI=1S/C30H33N2O.C18H22N.Ir/c1-21-9-10-24-23-7-6-8-25(27(23)33-28(24)32-21)26-19-22(11-18-31-26)20-29(2)14-16-30(17-15-29)12-4-3-5-13-30;1-13-6-8-15(9-7-13)17-10-16(11-18(3,4)5)14(2)12-19-17;/h6-7,9-11,18-19H,3-5,12-17,20H2,1-2H3;6-8,10,12H,11H2,1-5H3;/q2*-1;/i1D3,20D2;1D3,2D3,11D2;. The second-order valence-corrected chi connectivity index (χ2v) is 15.9. The molecule has 5 heteroatoms. The molecule has 0 N–H and O–H groups in total. The molecular weight excluding hydrogens is 827 g/mol. The van der Waals surface area contributed by atoms with Crippen molar-refractivity contribution < 1.29 is 42.3 Å². The third-order valence-electron chi connectivity index (χ3n) is 10.6. The smallest absolute Gasteiger partial charge is 0.216 e. The van der Waals surface area contributed by atoms with Crippen LogP contribution in [0.4, 0.5) is 0 Å². The summed E-state index contributed by atoms with van der Waals surface area (Å²) in [5, 5.41) is 1.52. The number of pyridine rings is 3. The molecule has 8 rings (SSSR count). The van der Waals surface area contributed by atoms with Crippen LogP contribution in [0.5, 0.6) is 0 Å². The van der Waals surface area contributed by atoms with Crippen molar-refractivity contribution in [3.8, 4) is 22.5 Å². The molecule has 0 unspecified atom stereocenters.